The maximum Gasteiger partial charge on any atom is 0.323 e. The SMILES string of the molecule is CCCN(CC(=O)O)c1cc(C(=O)NC2CC2)c2ccccc2n1. The first-order valence-corrected chi connectivity index (χ1v) is 8.26. The van der Waals surface area contributed by atoms with Crippen molar-refractivity contribution in [3.63, 3.8) is 0 Å². The third-order valence-electron chi connectivity index (χ3n) is 4.00. The first-order valence-electron chi connectivity index (χ1n) is 8.26. The Hall–Kier alpha value is -2.63. The number of hydrogen-bond acceptors (Lipinski definition) is 4. The van der Waals surface area contributed by atoms with E-state index in [1.165, 1.54) is 0 Å². The second kappa shape index (κ2) is 6.86. The van der Waals surface area contributed by atoms with Crippen molar-refractivity contribution in [2.45, 2.75) is 32.2 Å². The fourth-order valence-electron chi connectivity index (χ4n) is 2.71. The van der Waals surface area contributed by atoms with Crippen molar-refractivity contribution >= 4 is 28.6 Å². The number of carbonyl (C=O) groups excluding carboxylic acids is 1. The zero-order valence-electron chi connectivity index (χ0n) is 13.7. The number of nitrogens with zero attached hydrogens (tertiary/aromatic N) is 2. The van der Waals surface area contributed by atoms with E-state index < -0.39 is 5.97 Å². The predicted octanol–water partition coefficient (Wildman–Crippen LogP) is 2.43. The summed E-state index contributed by atoms with van der Waals surface area (Å²) >= 11 is 0. The van der Waals surface area contributed by atoms with E-state index in [4.69, 9.17) is 5.11 Å². The number of anilines is 1. The second-order valence-electron chi connectivity index (χ2n) is 6.11. The minimum atomic E-state index is -0.914. The Morgan fingerprint density at radius 1 is 1.33 bits per heavy atom. The molecule has 1 aromatic carbocycles. The zero-order chi connectivity index (χ0) is 17.1. The van der Waals surface area contributed by atoms with Gasteiger partial charge in [0.05, 0.1) is 11.1 Å². The van der Waals surface area contributed by atoms with Gasteiger partial charge in [-0.1, -0.05) is 25.1 Å². The summed E-state index contributed by atoms with van der Waals surface area (Å²) < 4.78 is 0. The van der Waals surface area contributed by atoms with Gasteiger partial charge in [-0.05, 0) is 31.4 Å². The largest absolute Gasteiger partial charge is 0.480 e. The van der Waals surface area contributed by atoms with Crippen molar-refractivity contribution in [1.29, 1.82) is 0 Å². The standard InChI is InChI=1S/C18H21N3O3/c1-2-9-21(11-17(22)23)16-10-14(18(24)19-12-7-8-12)13-5-3-4-6-15(13)20-16/h3-6,10,12H,2,7-9,11H2,1H3,(H,19,24)(H,22,23). The van der Waals surface area contributed by atoms with Crippen molar-refractivity contribution in [3.8, 4) is 0 Å². The number of nitrogens with one attached hydrogen (secondary N) is 1. The molecule has 6 heteroatoms. The van der Waals surface area contributed by atoms with Crippen LogP contribution in [0.15, 0.2) is 30.3 Å². The van der Waals surface area contributed by atoms with E-state index >= 15 is 0 Å². The number of para-hydroxylation sites is 1. The van der Waals surface area contributed by atoms with Gasteiger partial charge >= 0.3 is 5.97 Å². The summed E-state index contributed by atoms with van der Waals surface area (Å²) in [7, 11) is 0. The van der Waals surface area contributed by atoms with Crippen LogP contribution in [-0.2, 0) is 4.79 Å². The zero-order valence-corrected chi connectivity index (χ0v) is 13.7. The first-order chi connectivity index (χ1) is 11.6. The minimum Gasteiger partial charge on any atom is -0.480 e. The van der Waals surface area contributed by atoms with Crippen molar-refractivity contribution < 1.29 is 14.7 Å². The minimum absolute atomic E-state index is 0.121. The molecule has 1 fully saturated rings. The van der Waals surface area contributed by atoms with Crippen LogP contribution in [0.1, 0.15) is 36.5 Å². The van der Waals surface area contributed by atoms with Gasteiger partial charge in [0.1, 0.15) is 12.4 Å². The van der Waals surface area contributed by atoms with Crippen molar-refractivity contribution in [3.05, 3.63) is 35.9 Å². The molecule has 3 rings (SSSR count). The molecule has 2 aromatic rings. The Labute approximate surface area is 140 Å². The Bertz CT molecular complexity index is 771. The summed E-state index contributed by atoms with van der Waals surface area (Å²) in [5.74, 6) is -0.509. The maximum absolute atomic E-state index is 12.6. The average Bonchev–Trinajstić information content (AvgIpc) is 3.37. The van der Waals surface area contributed by atoms with Gasteiger partial charge in [-0.25, -0.2) is 4.98 Å². The lowest BCUT2D eigenvalue weighted by Gasteiger charge is -2.22. The molecule has 0 radical (unpaired) electrons. The van der Waals surface area contributed by atoms with E-state index in [9.17, 15) is 9.59 Å². The van der Waals surface area contributed by atoms with Crippen LogP contribution < -0.4 is 10.2 Å². The fourth-order valence-corrected chi connectivity index (χ4v) is 2.71. The van der Waals surface area contributed by atoms with E-state index in [1.54, 1.807) is 11.0 Å². The quantitative estimate of drug-likeness (QED) is 0.816. The van der Waals surface area contributed by atoms with Crippen LogP contribution >= 0.6 is 0 Å². The monoisotopic (exact) mass is 327 g/mol. The van der Waals surface area contributed by atoms with E-state index in [2.05, 4.69) is 10.3 Å². The van der Waals surface area contributed by atoms with Crippen LogP contribution in [0, 0.1) is 0 Å². The average molecular weight is 327 g/mol. The van der Waals surface area contributed by atoms with Gasteiger partial charge in [-0.2, -0.15) is 0 Å². The van der Waals surface area contributed by atoms with Gasteiger partial charge in [0.25, 0.3) is 5.91 Å². The Balaban J connectivity index is 2.03. The molecule has 1 saturated carbocycles. The third kappa shape index (κ3) is 3.64. The van der Waals surface area contributed by atoms with Crippen LogP contribution in [0.2, 0.25) is 0 Å². The van der Waals surface area contributed by atoms with Gasteiger partial charge in [0, 0.05) is 18.0 Å². The van der Waals surface area contributed by atoms with Gasteiger partial charge in [0.2, 0.25) is 0 Å². The molecule has 6 nitrogen and oxygen atoms in total. The van der Waals surface area contributed by atoms with E-state index in [0.29, 0.717) is 23.4 Å². The van der Waals surface area contributed by atoms with Crippen LogP contribution in [-0.4, -0.2) is 41.1 Å². The van der Waals surface area contributed by atoms with Gasteiger partial charge in [-0.3, -0.25) is 9.59 Å². The van der Waals surface area contributed by atoms with Crippen molar-refractivity contribution in [2.75, 3.05) is 18.0 Å². The molecule has 1 aromatic heterocycles. The molecule has 0 spiro atoms. The Kier molecular flexibility index (Phi) is 4.64. The molecule has 126 valence electrons. The van der Waals surface area contributed by atoms with Crippen LogP contribution in [0.25, 0.3) is 10.9 Å². The number of aliphatic carboxylic acids is 1. The highest BCUT2D eigenvalue weighted by molar-refractivity contribution is 6.07. The van der Waals surface area contributed by atoms with Gasteiger partial charge < -0.3 is 15.3 Å². The number of benzene rings is 1. The van der Waals surface area contributed by atoms with Crippen molar-refractivity contribution in [2.24, 2.45) is 0 Å². The van der Waals surface area contributed by atoms with E-state index in [-0.39, 0.29) is 18.5 Å². The number of rotatable bonds is 7. The number of carboxylic acids is 1. The van der Waals surface area contributed by atoms with Crippen LogP contribution in [0.3, 0.4) is 0 Å². The summed E-state index contributed by atoms with van der Waals surface area (Å²) in [5, 5.41) is 12.9. The maximum atomic E-state index is 12.6. The lowest BCUT2D eigenvalue weighted by atomic mass is 10.1. The highest BCUT2D eigenvalue weighted by atomic mass is 16.4. The van der Waals surface area contributed by atoms with E-state index in [1.807, 2.05) is 31.2 Å². The number of hydrogen-bond donors (Lipinski definition) is 2. The molecule has 1 aliphatic carbocycles. The summed E-state index contributed by atoms with van der Waals surface area (Å²) in [6.07, 6.45) is 2.83. The summed E-state index contributed by atoms with van der Waals surface area (Å²) in [6.45, 7) is 2.42. The normalized spacial score (nSPS) is 13.7. The number of carbonyl (C=O) groups is 2. The highest BCUT2D eigenvalue weighted by Gasteiger charge is 2.25. The molecular formula is C18H21N3O3. The smallest absolute Gasteiger partial charge is 0.323 e. The predicted molar refractivity (Wildman–Crippen MR) is 92.4 cm³/mol. The number of carboxylic acid groups (broad SMARTS) is 1. The third-order valence-corrected chi connectivity index (χ3v) is 4.00. The number of fused-ring (bicyclic) bond motifs is 1. The molecule has 24 heavy (non-hydrogen) atoms. The number of pyridine rings is 1. The Morgan fingerprint density at radius 2 is 2.08 bits per heavy atom. The molecule has 1 amide bonds. The Morgan fingerprint density at radius 3 is 2.75 bits per heavy atom. The summed E-state index contributed by atoms with van der Waals surface area (Å²) in [6, 6.07) is 9.42. The molecule has 0 unspecified atom stereocenters. The molecule has 2 N–H and O–H groups in total. The molecule has 0 bridgehead atoms. The van der Waals surface area contributed by atoms with Crippen LogP contribution in [0.5, 0.6) is 0 Å². The fraction of sp³-hybridized carbons (Fsp3) is 0.389. The topological polar surface area (TPSA) is 82.5 Å². The van der Waals surface area contributed by atoms with Gasteiger partial charge in [-0.15, -0.1) is 0 Å². The lowest BCUT2D eigenvalue weighted by Crippen LogP contribution is -2.32. The lowest BCUT2D eigenvalue weighted by molar-refractivity contribution is -0.135. The van der Waals surface area contributed by atoms with Crippen LogP contribution in [0.4, 0.5) is 5.82 Å². The summed E-state index contributed by atoms with van der Waals surface area (Å²) in [4.78, 5) is 30.0. The molecule has 1 heterocycles. The molecule has 1 aliphatic rings. The number of aromatic nitrogens is 1. The van der Waals surface area contributed by atoms with Crippen molar-refractivity contribution in [1.82, 2.24) is 10.3 Å². The molecule has 0 saturated heterocycles. The van der Waals surface area contributed by atoms with E-state index in [0.717, 1.165) is 24.6 Å². The first kappa shape index (κ1) is 16.2. The molecule has 0 aliphatic heterocycles. The molecule has 0 atom stereocenters. The number of amides is 1. The summed E-state index contributed by atoms with van der Waals surface area (Å²) in [5.41, 5.74) is 1.25. The molecular weight excluding hydrogens is 306 g/mol. The van der Waals surface area contributed by atoms with Gasteiger partial charge in [0.15, 0.2) is 0 Å². The second-order valence-corrected chi connectivity index (χ2v) is 6.11. The highest BCUT2D eigenvalue weighted by Crippen LogP contribution is 2.25.